The number of halogens is 1. The van der Waals surface area contributed by atoms with Crippen LogP contribution in [-0.2, 0) is 32.5 Å². The Morgan fingerprint density at radius 3 is 2.91 bits per heavy atom. The van der Waals surface area contributed by atoms with Crippen molar-refractivity contribution in [2.45, 2.75) is 42.9 Å². The molecule has 0 aromatic heterocycles. The van der Waals surface area contributed by atoms with E-state index < -0.39 is 6.10 Å². The fourth-order valence-corrected chi connectivity index (χ4v) is 6.74. The summed E-state index contributed by atoms with van der Waals surface area (Å²) in [6.45, 7) is 1.12. The van der Waals surface area contributed by atoms with E-state index in [1.807, 2.05) is 30.3 Å². The molecule has 2 bridgehead atoms. The Labute approximate surface area is 204 Å². The Hall–Kier alpha value is -2.54. The third-order valence-corrected chi connectivity index (χ3v) is 8.38. The summed E-state index contributed by atoms with van der Waals surface area (Å²) in [5, 5.41) is 0.567. The summed E-state index contributed by atoms with van der Waals surface area (Å²) in [7, 11) is 3.81. The number of methoxy groups -OCH3 is 1. The van der Waals surface area contributed by atoms with E-state index in [-0.39, 0.29) is 30.7 Å². The molecule has 7 heteroatoms. The highest BCUT2D eigenvalue weighted by molar-refractivity contribution is 6.31. The van der Waals surface area contributed by atoms with Crippen molar-refractivity contribution in [3.63, 3.8) is 0 Å². The second-order valence-electron chi connectivity index (χ2n) is 9.69. The molecule has 2 aromatic carbocycles. The first-order valence-electron chi connectivity index (χ1n) is 11.8. The van der Waals surface area contributed by atoms with Crippen molar-refractivity contribution in [2.24, 2.45) is 5.92 Å². The van der Waals surface area contributed by atoms with E-state index in [1.54, 1.807) is 13.2 Å². The van der Waals surface area contributed by atoms with Crippen molar-refractivity contribution >= 4 is 17.6 Å². The van der Waals surface area contributed by atoms with Gasteiger partial charge in [0.15, 0.2) is 24.4 Å². The average Bonchev–Trinajstić information content (AvgIpc) is 3.18. The zero-order valence-electron chi connectivity index (χ0n) is 19.3. The predicted octanol–water partition coefficient (Wildman–Crippen LogP) is 3.92. The van der Waals surface area contributed by atoms with Gasteiger partial charge in [0.2, 0.25) is 0 Å². The minimum Gasteiger partial charge on any atom is -0.481 e. The van der Waals surface area contributed by atoms with Crippen LogP contribution in [0.3, 0.4) is 0 Å². The zero-order valence-corrected chi connectivity index (χ0v) is 20.1. The lowest BCUT2D eigenvalue weighted by Crippen LogP contribution is -2.65. The number of benzene rings is 2. The smallest absolute Gasteiger partial charge is 0.311 e. The highest BCUT2D eigenvalue weighted by atomic mass is 35.5. The second kappa shape index (κ2) is 8.29. The molecule has 2 aromatic rings. The summed E-state index contributed by atoms with van der Waals surface area (Å²) in [5.74, 6) is 1.44. The van der Waals surface area contributed by atoms with Gasteiger partial charge in [0.1, 0.15) is 6.10 Å². The van der Waals surface area contributed by atoms with Crippen LogP contribution in [0.25, 0.3) is 0 Å². The first kappa shape index (κ1) is 22.0. The van der Waals surface area contributed by atoms with E-state index in [2.05, 4.69) is 24.1 Å². The molecule has 1 saturated heterocycles. The van der Waals surface area contributed by atoms with Gasteiger partial charge < -0.3 is 23.8 Å². The van der Waals surface area contributed by atoms with Gasteiger partial charge in [-0.2, -0.15) is 0 Å². The number of ether oxygens (including phenoxy) is 4. The molecule has 0 N–H and O–H groups in total. The van der Waals surface area contributed by atoms with E-state index in [9.17, 15) is 4.79 Å². The Bertz CT molecular complexity index is 1170. The standard InChI is InChI=1S/C27H28ClNO5/c1-29-12-11-27-18-8-10-22(33-23(30)14-16-5-3-4-6-19(16)28)26(27)34-25-21(32-15-31-2)9-7-17(24(25)27)13-20(18)29/h3-10,18,20,22,26H,11-15H2,1-2H3/t18-,20+,22-,26-,27-/m0/s1. The highest BCUT2D eigenvalue weighted by Gasteiger charge is 2.65. The van der Waals surface area contributed by atoms with E-state index in [0.717, 1.165) is 30.7 Å². The molecule has 0 amide bonds. The number of carbonyl (C=O) groups excluding carboxylic acids is 1. The number of carbonyl (C=O) groups is 1. The second-order valence-corrected chi connectivity index (χ2v) is 10.1. The summed E-state index contributed by atoms with van der Waals surface area (Å²) >= 11 is 6.27. The van der Waals surface area contributed by atoms with Gasteiger partial charge in [-0.25, -0.2) is 0 Å². The van der Waals surface area contributed by atoms with Gasteiger partial charge in [-0.05, 0) is 55.8 Å². The molecule has 5 atom stereocenters. The first-order chi connectivity index (χ1) is 16.5. The minimum atomic E-state index is -0.482. The number of hydrogen-bond acceptors (Lipinski definition) is 6. The molecule has 0 radical (unpaired) electrons. The fraction of sp³-hybridized carbons (Fsp3) is 0.444. The Morgan fingerprint density at radius 1 is 1.24 bits per heavy atom. The highest BCUT2D eigenvalue weighted by Crippen LogP contribution is 2.62. The largest absolute Gasteiger partial charge is 0.481 e. The molecular formula is C27H28ClNO5. The molecule has 178 valence electrons. The summed E-state index contributed by atoms with van der Waals surface area (Å²) in [6.07, 6.45) is 5.53. The van der Waals surface area contributed by atoms with Crippen molar-refractivity contribution in [1.29, 1.82) is 0 Å². The van der Waals surface area contributed by atoms with Crippen LogP contribution in [0, 0.1) is 5.92 Å². The van der Waals surface area contributed by atoms with Gasteiger partial charge in [-0.3, -0.25) is 4.79 Å². The molecule has 2 heterocycles. The SMILES string of the molecule is COCOc1ccc2c3c1O[C@H]1[C@@H](OC(=O)Cc4ccccc4Cl)C=C[C@H]4[C@@H](C2)N(C)CC[C@@]341. The lowest BCUT2D eigenvalue weighted by molar-refractivity contribution is -0.154. The van der Waals surface area contributed by atoms with Gasteiger partial charge in [0.25, 0.3) is 0 Å². The Kier molecular flexibility index (Phi) is 5.36. The summed E-state index contributed by atoms with van der Waals surface area (Å²) in [4.78, 5) is 15.4. The average molecular weight is 482 g/mol. The van der Waals surface area contributed by atoms with E-state index >= 15 is 0 Å². The molecular weight excluding hydrogens is 454 g/mol. The Balaban J connectivity index is 1.36. The molecule has 0 saturated carbocycles. The number of piperidine rings is 1. The van der Waals surface area contributed by atoms with Crippen LogP contribution in [0.5, 0.6) is 11.5 Å². The quantitative estimate of drug-likeness (QED) is 0.354. The van der Waals surface area contributed by atoms with E-state index in [1.165, 1.54) is 11.1 Å². The number of nitrogens with zero attached hydrogens (tertiary/aromatic N) is 1. The van der Waals surface area contributed by atoms with Crippen LogP contribution >= 0.6 is 11.6 Å². The maximum absolute atomic E-state index is 13.0. The van der Waals surface area contributed by atoms with Crippen molar-refractivity contribution in [1.82, 2.24) is 4.90 Å². The third-order valence-electron chi connectivity index (χ3n) is 8.01. The minimum absolute atomic E-state index is 0.124. The van der Waals surface area contributed by atoms with Crippen LogP contribution in [-0.4, -0.2) is 56.6 Å². The molecule has 6 nitrogen and oxygen atoms in total. The summed E-state index contributed by atoms with van der Waals surface area (Å²) < 4.78 is 23.8. The zero-order chi connectivity index (χ0) is 23.4. The topological polar surface area (TPSA) is 57.2 Å². The van der Waals surface area contributed by atoms with E-state index in [4.69, 9.17) is 30.5 Å². The first-order valence-corrected chi connectivity index (χ1v) is 12.2. The maximum Gasteiger partial charge on any atom is 0.311 e. The van der Waals surface area contributed by atoms with E-state index in [0.29, 0.717) is 22.7 Å². The number of likely N-dealkylation sites (tertiary alicyclic amines) is 1. The normalized spacial score (nSPS) is 30.4. The van der Waals surface area contributed by atoms with Gasteiger partial charge in [-0.15, -0.1) is 0 Å². The predicted molar refractivity (Wildman–Crippen MR) is 127 cm³/mol. The molecule has 2 aliphatic carbocycles. The number of hydrogen-bond donors (Lipinski definition) is 0. The molecule has 4 aliphatic rings. The van der Waals surface area contributed by atoms with Crippen LogP contribution in [0.15, 0.2) is 48.6 Å². The molecule has 6 rings (SSSR count). The molecule has 0 unspecified atom stereocenters. The third kappa shape index (κ3) is 3.19. The molecule has 34 heavy (non-hydrogen) atoms. The van der Waals surface area contributed by atoms with Crippen LogP contribution in [0.2, 0.25) is 5.02 Å². The molecule has 1 fully saturated rings. The summed E-state index contributed by atoms with van der Waals surface area (Å²) in [6, 6.07) is 11.9. The van der Waals surface area contributed by atoms with Crippen molar-refractivity contribution < 1.29 is 23.7 Å². The van der Waals surface area contributed by atoms with Gasteiger partial charge in [-0.1, -0.05) is 41.9 Å². The van der Waals surface area contributed by atoms with Crippen LogP contribution in [0.4, 0.5) is 0 Å². The lowest BCUT2D eigenvalue weighted by Gasteiger charge is -2.56. The number of likely N-dealkylation sites (N-methyl/N-ethyl adjacent to an activating group) is 1. The van der Waals surface area contributed by atoms with Crippen molar-refractivity contribution in [3.8, 4) is 11.5 Å². The molecule has 1 spiro atoms. The van der Waals surface area contributed by atoms with Crippen molar-refractivity contribution in [2.75, 3.05) is 27.5 Å². The van der Waals surface area contributed by atoms with Crippen LogP contribution < -0.4 is 9.47 Å². The van der Waals surface area contributed by atoms with Crippen molar-refractivity contribution in [3.05, 3.63) is 70.3 Å². The maximum atomic E-state index is 13.0. The molecule has 2 aliphatic heterocycles. The number of rotatable bonds is 6. The van der Waals surface area contributed by atoms with Crippen LogP contribution in [0.1, 0.15) is 23.1 Å². The van der Waals surface area contributed by atoms with Gasteiger partial charge in [0, 0.05) is 35.1 Å². The Morgan fingerprint density at radius 2 is 2.09 bits per heavy atom. The number of esters is 1. The fourth-order valence-electron chi connectivity index (χ4n) is 6.54. The van der Waals surface area contributed by atoms with Gasteiger partial charge >= 0.3 is 5.97 Å². The van der Waals surface area contributed by atoms with Gasteiger partial charge in [0.05, 0.1) is 6.42 Å². The lowest BCUT2D eigenvalue weighted by atomic mass is 9.53. The monoisotopic (exact) mass is 481 g/mol. The summed E-state index contributed by atoms with van der Waals surface area (Å²) in [5.41, 5.74) is 3.05.